The summed E-state index contributed by atoms with van der Waals surface area (Å²) in [6.07, 6.45) is 1.61. The summed E-state index contributed by atoms with van der Waals surface area (Å²) in [6.45, 7) is 1.28. The first-order valence-corrected chi connectivity index (χ1v) is 7.84. The van der Waals surface area contributed by atoms with Crippen LogP contribution in [0, 0.1) is 0 Å². The van der Waals surface area contributed by atoms with E-state index in [4.69, 9.17) is 0 Å². The van der Waals surface area contributed by atoms with E-state index in [1.807, 2.05) is 0 Å². The van der Waals surface area contributed by atoms with E-state index in [1.165, 1.54) is 6.20 Å². The smallest absolute Gasteiger partial charge is 0.263 e. The zero-order valence-corrected chi connectivity index (χ0v) is 12.5. The highest BCUT2D eigenvalue weighted by Crippen LogP contribution is 2.25. The molecular formula is C12H16N4O4S. The first kappa shape index (κ1) is 15.4. The molecule has 0 radical (unpaired) electrons. The minimum absolute atomic E-state index is 0.201. The van der Waals surface area contributed by atoms with Crippen molar-refractivity contribution in [1.82, 2.24) is 14.6 Å². The normalized spacial score (nSPS) is 20.2. The fourth-order valence-electron chi connectivity index (χ4n) is 2.18. The molecule has 0 saturated carbocycles. The third kappa shape index (κ3) is 2.74. The predicted octanol–water partition coefficient (Wildman–Crippen LogP) is -0.451. The van der Waals surface area contributed by atoms with Crippen molar-refractivity contribution in [1.29, 1.82) is 0 Å². The molecule has 114 valence electrons. The number of nitrogens with one attached hydrogen (secondary N) is 2. The molecule has 1 saturated heterocycles. The van der Waals surface area contributed by atoms with Crippen molar-refractivity contribution >= 4 is 27.5 Å². The fraction of sp³-hybridized carbons (Fsp3) is 0.417. The van der Waals surface area contributed by atoms with Crippen LogP contribution in [0.4, 0.5) is 5.69 Å². The molecule has 0 aromatic carbocycles. The van der Waals surface area contributed by atoms with Crippen LogP contribution in [-0.2, 0) is 19.6 Å². The van der Waals surface area contributed by atoms with E-state index < -0.39 is 34.4 Å². The Balaban J connectivity index is 2.51. The number of sulfonamides is 1. The second kappa shape index (κ2) is 5.78. The first-order chi connectivity index (χ1) is 9.91. The van der Waals surface area contributed by atoms with E-state index in [1.54, 1.807) is 26.1 Å². The highest BCUT2D eigenvalue weighted by Gasteiger charge is 2.41. The summed E-state index contributed by atoms with van der Waals surface area (Å²) >= 11 is 0. The third-order valence-corrected chi connectivity index (χ3v) is 5.01. The molecule has 1 aliphatic rings. The molecule has 1 atom stereocenters. The van der Waals surface area contributed by atoms with Gasteiger partial charge >= 0.3 is 0 Å². The molecule has 1 aliphatic heterocycles. The number of amides is 2. The molecule has 8 nitrogen and oxygen atoms in total. The van der Waals surface area contributed by atoms with Crippen LogP contribution in [0.2, 0.25) is 0 Å². The molecule has 2 rings (SSSR count). The molecular weight excluding hydrogens is 296 g/mol. The van der Waals surface area contributed by atoms with Crippen LogP contribution < -0.4 is 10.6 Å². The molecule has 21 heavy (non-hydrogen) atoms. The van der Waals surface area contributed by atoms with Gasteiger partial charge in [0.25, 0.3) is 10.0 Å². The zero-order chi connectivity index (χ0) is 15.6. The minimum atomic E-state index is -4.05. The van der Waals surface area contributed by atoms with Gasteiger partial charge in [-0.3, -0.25) is 14.9 Å². The summed E-state index contributed by atoms with van der Waals surface area (Å²) in [6, 6.07) is 2.24. The second-order valence-electron chi connectivity index (χ2n) is 4.49. The molecule has 1 aromatic rings. The Morgan fingerprint density at radius 1 is 1.48 bits per heavy atom. The van der Waals surface area contributed by atoms with E-state index in [0.717, 1.165) is 4.31 Å². The van der Waals surface area contributed by atoms with Crippen LogP contribution in [0.3, 0.4) is 0 Å². The van der Waals surface area contributed by atoms with Gasteiger partial charge in [-0.05, 0) is 18.6 Å². The van der Waals surface area contributed by atoms with Crippen LogP contribution in [0.25, 0.3) is 0 Å². The Bertz CT molecular complexity index is 674. The molecule has 2 amide bonds. The SMILES string of the molecule is CCC1C(=O)NC(=O)CN1S(=O)(=O)c1ncccc1NC. The third-order valence-electron chi connectivity index (χ3n) is 3.19. The standard InChI is InChI=1S/C12H16N4O4S/c1-3-9-11(18)15-10(17)7-16(9)21(19,20)12-8(13-2)5-4-6-14-12/h4-6,9,13H,3,7H2,1-2H3,(H,15,17,18). The molecule has 2 heterocycles. The summed E-state index contributed by atoms with van der Waals surface area (Å²) in [5, 5.41) is 4.68. The monoisotopic (exact) mass is 312 g/mol. The number of hydrogen-bond donors (Lipinski definition) is 2. The molecule has 9 heteroatoms. The van der Waals surface area contributed by atoms with E-state index in [9.17, 15) is 18.0 Å². The van der Waals surface area contributed by atoms with Crippen molar-refractivity contribution in [2.75, 3.05) is 18.9 Å². The second-order valence-corrected chi connectivity index (χ2v) is 6.30. The van der Waals surface area contributed by atoms with Crippen molar-refractivity contribution < 1.29 is 18.0 Å². The predicted molar refractivity (Wildman–Crippen MR) is 74.9 cm³/mol. The number of pyridine rings is 1. The maximum atomic E-state index is 12.7. The van der Waals surface area contributed by atoms with Crippen LogP contribution >= 0.6 is 0 Å². The van der Waals surface area contributed by atoms with Crippen LogP contribution in [-0.4, -0.2) is 49.2 Å². The summed E-state index contributed by atoms with van der Waals surface area (Å²) < 4.78 is 26.3. The Labute approximate surface area is 122 Å². The van der Waals surface area contributed by atoms with Gasteiger partial charge in [-0.25, -0.2) is 13.4 Å². The number of imide groups is 1. The number of hydrogen-bond acceptors (Lipinski definition) is 6. The van der Waals surface area contributed by atoms with E-state index >= 15 is 0 Å². The Morgan fingerprint density at radius 2 is 2.19 bits per heavy atom. The number of anilines is 1. The summed E-state index contributed by atoms with van der Waals surface area (Å²) in [5.41, 5.74) is 0.311. The number of piperazine rings is 1. The number of rotatable bonds is 4. The van der Waals surface area contributed by atoms with Gasteiger partial charge in [0.15, 0.2) is 5.03 Å². The summed E-state index contributed by atoms with van der Waals surface area (Å²) in [5.74, 6) is -1.26. The molecule has 0 spiro atoms. The Hall–Kier alpha value is -2.00. The van der Waals surface area contributed by atoms with Crippen LogP contribution in [0.1, 0.15) is 13.3 Å². The Kier molecular flexibility index (Phi) is 4.24. The quantitative estimate of drug-likeness (QED) is 0.729. The van der Waals surface area contributed by atoms with Gasteiger partial charge < -0.3 is 5.32 Å². The highest BCUT2D eigenvalue weighted by molar-refractivity contribution is 7.89. The maximum absolute atomic E-state index is 12.7. The van der Waals surface area contributed by atoms with Gasteiger partial charge in [0.05, 0.1) is 12.2 Å². The van der Waals surface area contributed by atoms with Gasteiger partial charge in [-0.15, -0.1) is 0 Å². The minimum Gasteiger partial charge on any atom is -0.386 e. The van der Waals surface area contributed by atoms with Crippen LogP contribution in [0.15, 0.2) is 23.4 Å². The van der Waals surface area contributed by atoms with Gasteiger partial charge in [0.2, 0.25) is 11.8 Å². The van der Waals surface area contributed by atoms with Crippen molar-refractivity contribution in [3.63, 3.8) is 0 Å². The van der Waals surface area contributed by atoms with Gasteiger partial charge in [-0.2, -0.15) is 4.31 Å². The largest absolute Gasteiger partial charge is 0.386 e. The van der Waals surface area contributed by atoms with E-state index in [-0.39, 0.29) is 11.4 Å². The number of nitrogens with zero attached hydrogens (tertiary/aromatic N) is 2. The van der Waals surface area contributed by atoms with Gasteiger partial charge in [0, 0.05) is 13.2 Å². The number of carbonyl (C=O) groups is 2. The van der Waals surface area contributed by atoms with Crippen molar-refractivity contribution in [3.8, 4) is 0 Å². The van der Waals surface area contributed by atoms with E-state index in [2.05, 4.69) is 15.6 Å². The lowest BCUT2D eigenvalue weighted by Gasteiger charge is -2.32. The number of carbonyl (C=O) groups excluding carboxylic acids is 2. The molecule has 1 fully saturated rings. The highest BCUT2D eigenvalue weighted by atomic mass is 32.2. The van der Waals surface area contributed by atoms with Crippen molar-refractivity contribution in [3.05, 3.63) is 18.3 Å². The topological polar surface area (TPSA) is 108 Å². The Morgan fingerprint density at radius 3 is 2.81 bits per heavy atom. The maximum Gasteiger partial charge on any atom is 0.263 e. The molecule has 1 unspecified atom stereocenters. The summed E-state index contributed by atoms with van der Waals surface area (Å²) in [7, 11) is -2.48. The van der Waals surface area contributed by atoms with Gasteiger partial charge in [-0.1, -0.05) is 6.92 Å². The van der Waals surface area contributed by atoms with Crippen molar-refractivity contribution in [2.45, 2.75) is 24.4 Å². The lowest BCUT2D eigenvalue weighted by molar-refractivity contribution is -0.137. The molecule has 0 bridgehead atoms. The zero-order valence-electron chi connectivity index (χ0n) is 11.7. The molecule has 0 aliphatic carbocycles. The molecule has 1 aromatic heterocycles. The van der Waals surface area contributed by atoms with Crippen LogP contribution in [0.5, 0.6) is 0 Å². The average molecular weight is 312 g/mol. The average Bonchev–Trinajstić information content (AvgIpc) is 2.46. The lowest BCUT2D eigenvalue weighted by Crippen LogP contribution is -2.59. The first-order valence-electron chi connectivity index (χ1n) is 6.40. The van der Waals surface area contributed by atoms with Gasteiger partial charge in [0.1, 0.15) is 6.04 Å². The fourth-order valence-corrected chi connectivity index (χ4v) is 3.91. The van der Waals surface area contributed by atoms with E-state index in [0.29, 0.717) is 5.69 Å². The summed E-state index contributed by atoms with van der Waals surface area (Å²) in [4.78, 5) is 27.2. The molecule has 2 N–H and O–H groups in total. The van der Waals surface area contributed by atoms with Crippen molar-refractivity contribution in [2.24, 2.45) is 0 Å². The lowest BCUT2D eigenvalue weighted by atomic mass is 10.2. The number of aromatic nitrogens is 1.